The maximum Gasteiger partial charge on any atom is 0.339 e. The Morgan fingerprint density at radius 2 is 2.10 bits per heavy atom. The molecule has 164 valence electrons. The van der Waals surface area contributed by atoms with E-state index in [2.05, 4.69) is 6.92 Å². The smallest absolute Gasteiger partial charge is 0.339 e. The number of fused-ring (bicyclic) bond motifs is 1. The van der Waals surface area contributed by atoms with Crippen molar-refractivity contribution in [1.29, 1.82) is 0 Å². The number of benzene rings is 1. The molecule has 7 heteroatoms. The van der Waals surface area contributed by atoms with Crippen LogP contribution in [0.15, 0.2) is 29.6 Å². The summed E-state index contributed by atoms with van der Waals surface area (Å²) in [5, 5.41) is 16.9. The first-order chi connectivity index (χ1) is 14.7. The van der Waals surface area contributed by atoms with Crippen LogP contribution in [0.5, 0.6) is 5.75 Å². The molecule has 3 heterocycles. The molecule has 1 unspecified atom stereocenters. The minimum atomic E-state index is -1.15. The van der Waals surface area contributed by atoms with Gasteiger partial charge in [-0.2, -0.15) is 5.10 Å². The molecule has 1 aliphatic heterocycles. The summed E-state index contributed by atoms with van der Waals surface area (Å²) < 4.78 is 13.5. The number of aryl methyl sites for hydroxylation is 1. The van der Waals surface area contributed by atoms with Gasteiger partial charge >= 0.3 is 5.97 Å². The standard InChI is InChI=1S/C24H28N2O4S/c1-14-15-8-6-12-29-17(15)11-10-16(14)19-20(18-9-7-13-31-18)25-26(5)21(19)22(23(27)28)30-24(2,3)4/h7,9-11,13,22H,6,8,12H2,1-5H3,(H,27,28). The third-order valence-corrected chi connectivity index (χ3v) is 6.32. The van der Waals surface area contributed by atoms with Gasteiger partial charge in [-0.1, -0.05) is 12.1 Å². The van der Waals surface area contributed by atoms with E-state index in [1.807, 2.05) is 50.4 Å². The molecule has 0 amide bonds. The number of aromatic nitrogens is 2. The minimum Gasteiger partial charge on any atom is -0.493 e. The van der Waals surface area contributed by atoms with Crippen LogP contribution in [0.4, 0.5) is 0 Å². The van der Waals surface area contributed by atoms with E-state index in [4.69, 9.17) is 14.6 Å². The number of hydrogen-bond donors (Lipinski definition) is 1. The molecule has 1 aromatic carbocycles. The average Bonchev–Trinajstić information content (AvgIpc) is 3.34. The summed E-state index contributed by atoms with van der Waals surface area (Å²) in [6.07, 6.45) is 0.771. The van der Waals surface area contributed by atoms with Crippen molar-refractivity contribution in [3.05, 3.63) is 46.5 Å². The van der Waals surface area contributed by atoms with Crippen LogP contribution in [0.2, 0.25) is 0 Å². The van der Waals surface area contributed by atoms with Crippen LogP contribution < -0.4 is 4.74 Å². The molecule has 4 rings (SSSR count). The SMILES string of the molecule is Cc1c(-c2c(-c3cccs3)nn(C)c2C(OC(C)(C)C)C(=O)O)ccc2c1CCCO2. The fourth-order valence-electron chi connectivity index (χ4n) is 4.15. The Morgan fingerprint density at radius 3 is 2.74 bits per heavy atom. The van der Waals surface area contributed by atoms with Crippen molar-refractivity contribution in [2.75, 3.05) is 6.61 Å². The Balaban J connectivity index is 1.99. The minimum absolute atomic E-state index is 0.547. The van der Waals surface area contributed by atoms with Crippen molar-refractivity contribution >= 4 is 17.3 Å². The van der Waals surface area contributed by atoms with E-state index >= 15 is 0 Å². The van der Waals surface area contributed by atoms with Crippen molar-refractivity contribution in [2.45, 2.75) is 52.2 Å². The number of carboxylic acids is 1. The Bertz CT molecular complexity index is 1110. The van der Waals surface area contributed by atoms with Gasteiger partial charge in [0.1, 0.15) is 11.4 Å². The zero-order valence-corrected chi connectivity index (χ0v) is 19.4. The number of hydrogen-bond acceptors (Lipinski definition) is 5. The predicted molar refractivity (Wildman–Crippen MR) is 122 cm³/mol. The molecule has 1 atom stereocenters. The summed E-state index contributed by atoms with van der Waals surface area (Å²) >= 11 is 1.59. The largest absolute Gasteiger partial charge is 0.493 e. The van der Waals surface area contributed by atoms with Crippen molar-refractivity contribution in [3.63, 3.8) is 0 Å². The maximum absolute atomic E-state index is 12.3. The Morgan fingerprint density at radius 1 is 1.32 bits per heavy atom. The second-order valence-electron chi connectivity index (χ2n) is 8.83. The van der Waals surface area contributed by atoms with Gasteiger partial charge in [-0.15, -0.1) is 11.3 Å². The molecular formula is C24H28N2O4S. The molecule has 6 nitrogen and oxygen atoms in total. The highest BCUT2D eigenvalue weighted by Crippen LogP contribution is 2.44. The van der Waals surface area contributed by atoms with Crippen LogP contribution in [0, 0.1) is 6.92 Å². The van der Waals surface area contributed by atoms with Crippen molar-refractivity contribution in [1.82, 2.24) is 9.78 Å². The van der Waals surface area contributed by atoms with Crippen LogP contribution in [-0.4, -0.2) is 33.1 Å². The number of carboxylic acid groups (broad SMARTS) is 1. The molecular weight excluding hydrogens is 412 g/mol. The summed E-state index contributed by atoms with van der Waals surface area (Å²) in [7, 11) is 1.79. The first-order valence-corrected chi connectivity index (χ1v) is 11.3. The molecule has 0 aliphatic carbocycles. The number of nitrogens with zero attached hydrogens (tertiary/aromatic N) is 2. The topological polar surface area (TPSA) is 73.6 Å². The zero-order valence-electron chi connectivity index (χ0n) is 18.6. The quantitative estimate of drug-likeness (QED) is 0.576. The number of thiophene rings is 1. The molecule has 2 aromatic heterocycles. The van der Waals surface area contributed by atoms with Crippen molar-refractivity contribution in [2.24, 2.45) is 7.05 Å². The Labute approximate surface area is 186 Å². The van der Waals surface area contributed by atoms with Gasteiger partial charge in [-0.05, 0) is 74.7 Å². The first-order valence-electron chi connectivity index (χ1n) is 10.4. The lowest BCUT2D eigenvalue weighted by Crippen LogP contribution is -2.29. The third-order valence-electron chi connectivity index (χ3n) is 5.44. The Kier molecular flexibility index (Phi) is 5.66. The molecule has 0 radical (unpaired) electrons. The summed E-state index contributed by atoms with van der Waals surface area (Å²) in [5.74, 6) is -0.118. The summed E-state index contributed by atoms with van der Waals surface area (Å²) in [6, 6.07) is 8.00. The number of rotatable bonds is 5. The van der Waals surface area contributed by atoms with E-state index in [1.165, 1.54) is 5.56 Å². The molecule has 31 heavy (non-hydrogen) atoms. The third kappa shape index (κ3) is 4.12. The monoisotopic (exact) mass is 440 g/mol. The van der Waals surface area contributed by atoms with Gasteiger partial charge in [0.25, 0.3) is 0 Å². The molecule has 3 aromatic rings. The van der Waals surface area contributed by atoms with Crippen LogP contribution in [0.25, 0.3) is 21.7 Å². The molecule has 0 bridgehead atoms. The van der Waals surface area contributed by atoms with E-state index < -0.39 is 17.7 Å². The van der Waals surface area contributed by atoms with Crippen LogP contribution in [0.3, 0.4) is 0 Å². The van der Waals surface area contributed by atoms with E-state index in [-0.39, 0.29) is 0 Å². The van der Waals surface area contributed by atoms with E-state index in [0.29, 0.717) is 5.69 Å². The van der Waals surface area contributed by atoms with E-state index in [1.54, 1.807) is 23.1 Å². The fraction of sp³-hybridized carbons (Fsp3) is 0.417. The summed E-state index contributed by atoms with van der Waals surface area (Å²) in [5.41, 5.74) is 4.75. The molecule has 1 N–H and O–H groups in total. The molecule has 0 fully saturated rings. The second-order valence-corrected chi connectivity index (χ2v) is 9.77. The van der Waals surface area contributed by atoms with Crippen LogP contribution >= 0.6 is 11.3 Å². The lowest BCUT2D eigenvalue weighted by atomic mass is 9.90. The van der Waals surface area contributed by atoms with Gasteiger partial charge in [-0.25, -0.2) is 4.79 Å². The number of carbonyl (C=O) groups is 1. The summed E-state index contributed by atoms with van der Waals surface area (Å²) in [6.45, 7) is 8.39. The van der Waals surface area contributed by atoms with Gasteiger partial charge < -0.3 is 14.6 Å². The summed E-state index contributed by atoms with van der Waals surface area (Å²) in [4.78, 5) is 13.3. The van der Waals surface area contributed by atoms with Crippen LogP contribution in [-0.2, 0) is 23.0 Å². The average molecular weight is 441 g/mol. The maximum atomic E-state index is 12.3. The van der Waals surface area contributed by atoms with Gasteiger partial charge in [0.2, 0.25) is 0 Å². The number of ether oxygens (including phenoxy) is 2. The van der Waals surface area contributed by atoms with E-state index in [0.717, 1.165) is 52.5 Å². The molecule has 0 saturated carbocycles. The van der Waals surface area contributed by atoms with Crippen LogP contribution in [0.1, 0.15) is 50.1 Å². The normalized spacial score (nSPS) is 14.7. The molecule has 0 saturated heterocycles. The Hall–Kier alpha value is -2.64. The predicted octanol–water partition coefficient (Wildman–Crippen LogP) is 5.39. The number of aliphatic carboxylic acids is 1. The highest BCUT2D eigenvalue weighted by Gasteiger charge is 2.35. The van der Waals surface area contributed by atoms with Gasteiger partial charge in [0.05, 0.1) is 22.8 Å². The lowest BCUT2D eigenvalue weighted by Gasteiger charge is -2.26. The fourth-order valence-corrected chi connectivity index (χ4v) is 4.86. The van der Waals surface area contributed by atoms with E-state index in [9.17, 15) is 9.90 Å². The van der Waals surface area contributed by atoms with Gasteiger partial charge in [0, 0.05) is 12.6 Å². The highest BCUT2D eigenvalue weighted by molar-refractivity contribution is 7.13. The molecule has 0 spiro atoms. The lowest BCUT2D eigenvalue weighted by molar-refractivity contribution is -0.161. The highest BCUT2D eigenvalue weighted by atomic mass is 32.1. The second kappa shape index (κ2) is 8.13. The zero-order chi connectivity index (χ0) is 22.3. The van der Waals surface area contributed by atoms with Gasteiger partial charge in [-0.3, -0.25) is 4.68 Å². The first kappa shape index (κ1) is 21.6. The molecule has 1 aliphatic rings. The van der Waals surface area contributed by atoms with Gasteiger partial charge in [0.15, 0.2) is 6.10 Å². The van der Waals surface area contributed by atoms with Crippen molar-refractivity contribution in [3.8, 4) is 27.4 Å². The van der Waals surface area contributed by atoms with Crippen molar-refractivity contribution < 1.29 is 19.4 Å².